The number of hydrogen-bond donors (Lipinski definition) is 2. The van der Waals surface area contributed by atoms with Crippen molar-refractivity contribution in [2.75, 3.05) is 19.6 Å². The lowest BCUT2D eigenvalue weighted by atomic mass is 10.1. The van der Waals surface area contributed by atoms with Crippen LogP contribution in [0.4, 0.5) is 5.69 Å². The van der Waals surface area contributed by atoms with Crippen molar-refractivity contribution >= 4 is 29.1 Å². The number of piperazine rings is 1. The first-order chi connectivity index (χ1) is 13.8. The van der Waals surface area contributed by atoms with Gasteiger partial charge < -0.3 is 20.1 Å². The topological polar surface area (TPSA) is 74.2 Å². The summed E-state index contributed by atoms with van der Waals surface area (Å²) in [5.74, 6) is 1.55. The van der Waals surface area contributed by atoms with Crippen LogP contribution in [0.1, 0.15) is 26.3 Å². The molecule has 6 nitrogen and oxygen atoms in total. The molecule has 1 unspecified atom stereocenters. The first-order valence-corrected chi connectivity index (χ1v) is 10.1. The SMILES string of the molecule is CC(C)C(=O)O.CC1CN(C2=Nc3cc(Cl)ccc3Oc3ccccc32)CCN1. The van der Waals surface area contributed by atoms with Crippen LogP contribution in [0, 0.1) is 5.92 Å². The van der Waals surface area contributed by atoms with Crippen LogP contribution in [0.5, 0.6) is 11.5 Å². The van der Waals surface area contributed by atoms with Crippen LogP contribution in [-0.4, -0.2) is 47.5 Å². The fourth-order valence-electron chi connectivity index (χ4n) is 3.06. The maximum atomic E-state index is 9.70. The number of aliphatic carboxylic acids is 1. The molecule has 154 valence electrons. The lowest BCUT2D eigenvalue weighted by Gasteiger charge is -2.34. The monoisotopic (exact) mass is 415 g/mol. The van der Waals surface area contributed by atoms with Crippen LogP contribution in [0.2, 0.25) is 5.02 Å². The summed E-state index contributed by atoms with van der Waals surface area (Å²) in [6.07, 6.45) is 0. The van der Waals surface area contributed by atoms with Crippen LogP contribution in [0.25, 0.3) is 0 Å². The summed E-state index contributed by atoms with van der Waals surface area (Å²) in [6, 6.07) is 14.0. The van der Waals surface area contributed by atoms with Crippen LogP contribution < -0.4 is 10.1 Å². The third-order valence-corrected chi connectivity index (χ3v) is 4.89. The van der Waals surface area contributed by atoms with Gasteiger partial charge in [0.1, 0.15) is 17.3 Å². The average Bonchev–Trinajstić information content (AvgIpc) is 2.85. The van der Waals surface area contributed by atoms with Gasteiger partial charge in [-0.05, 0) is 37.3 Å². The highest BCUT2D eigenvalue weighted by Gasteiger charge is 2.25. The van der Waals surface area contributed by atoms with Crippen molar-refractivity contribution in [3.05, 3.63) is 53.1 Å². The lowest BCUT2D eigenvalue weighted by Crippen LogP contribution is -2.51. The largest absolute Gasteiger partial charge is 0.481 e. The highest BCUT2D eigenvalue weighted by Crippen LogP contribution is 2.39. The van der Waals surface area contributed by atoms with Crippen molar-refractivity contribution in [1.82, 2.24) is 10.2 Å². The summed E-state index contributed by atoms with van der Waals surface area (Å²) in [5, 5.41) is 12.1. The van der Waals surface area contributed by atoms with E-state index in [1.807, 2.05) is 36.4 Å². The van der Waals surface area contributed by atoms with Gasteiger partial charge in [0.2, 0.25) is 0 Å². The summed E-state index contributed by atoms with van der Waals surface area (Å²) >= 11 is 6.15. The number of ether oxygens (including phenoxy) is 1. The molecular formula is C22H26ClN3O3. The number of fused-ring (bicyclic) bond motifs is 2. The van der Waals surface area contributed by atoms with E-state index in [4.69, 9.17) is 26.4 Å². The molecule has 2 N–H and O–H groups in total. The molecule has 0 spiro atoms. The number of rotatable bonds is 1. The van der Waals surface area contributed by atoms with Gasteiger partial charge in [0, 0.05) is 30.7 Å². The smallest absolute Gasteiger partial charge is 0.305 e. The summed E-state index contributed by atoms with van der Waals surface area (Å²) in [4.78, 5) is 16.9. The molecule has 0 aromatic heterocycles. The Hall–Kier alpha value is -2.57. The van der Waals surface area contributed by atoms with Gasteiger partial charge in [-0.15, -0.1) is 0 Å². The van der Waals surface area contributed by atoms with E-state index >= 15 is 0 Å². The second-order valence-electron chi connectivity index (χ2n) is 7.44. The van der Waals surface area contributed by atoms with Gasteiger partial charge in [0.05, 0.1) is 11.5 Å². The van der Waals surface area contributed by atoms with Crippen LogP contribution in [0.3, 0.4) is 0 Å². The quantitative estimate of drug-likeness (QED) is 0.715. The van der Waals surface area contributed by atoms with Gasteiger partial charge in [-0.3, -0.25) is 4.79 Å². The standard InChI is InChI=1S/C18H18ClN3O.C4H8O2/c1-12-11-22(9-8-20-12)18-14-4-2-3-5-16(14)23-17-7-6-13(19)10-15(17)21-18;1-3(2)4(5)6/h2-7,10,12,20H,8-9,11H2,1H3;3H,1-2H3,(H,5,6). The average molecular weight is 416 g/mol. The maximum absolute atomic E-state index is 9.70. The molecule has 2 aromatic carbocycles. The number of carboxylic acids is 1. The molecule has 2 heterocycles. The van der Waals surface area contributed by atoms with Gasteiger partial charge in [-0.2, -0.15) is 0 Å². The first kappa shape index (κ1) is 21.1. The van der Waals surface area contributed by atoms with E-state index in [1.165, 1.54) is 0 Å². The molecule has 0 aliphatic carbocycles. The number of halogens is 1. The molecule has 7 heteroatoms. The number of hydrogen-bond acceptors (Lipinski definition) is 5. The second-order valence-corrected chi connectivity index (χ2v) is 7.88. The number of carbonyl (C=O) groups is 1. The number of carboxylic acid groups (broad SMARTS) is 1. The van der Waals surface area contributed by atoms with E-state index in [-0.39, 0.29) is 5.92 Å². The molecule has 0 amide bonds. The third kappa shape index (κ3) is 5.28. The molecule has 29 heavy (non-hydrogen) atoms. The lowest BCUT2D eigenvalue weighted by molar-refractivity contribution is -0.140. The number of amidine groups is 1. The minimum atomic E-state index is -0.741. The summed E-state index contributed by atoms with van der Waals surface area (Å²) < 4.78 is 6.09. The number of para-hydroxylation sites is 1. The third-order valence-electron chi connectivity index (χ3n) is 4.66. The first-order valence-electron chi connectivity index (χ1n) is 9.71. The van der Waals surface area contributed by atoms with Crippen molar-refractivity contribution in [3.8, 4) is 11.5 Å². The van der Waals surface area contributed by atoms with Crippen molar-refractivity contribution in [2.24, 2.45) is 10.9 Å². The highest BCUT2D eigenvalue weighted by molar-refractivity contribution is 6.31. The second kappa shape index (κ2) is 9.29. The van der Waals surface area contributed by atoms with Crippen molar-refractivity contribution in [1.29, 1.82) is 0 Å². The Kier molecular flexibility index (Phi) is 6.77. The normalized spacial score (nSPS) is 17.8. The van der Waals surface area contributed by atoms with Gasteiger partial charge in [-0.1, -0.05) is 37.6 Å². The number of benzene rings is 2. The van der Waals surface area contributed by atoms with Crippen LogP contribution in [0.15, 0.2) is 47.5 Å². The number of nitrogens with zero attached hydrogens (tertiary/aromatic N) is 2. The predicted molar refractivity (Wildman–Crippen MR) is 116 cm³/mol. The Morgan fingerprint density at radius 1 is 1.28 bits per heavy atom. The molecule has 1 saturated heterocycles. The molecule has 0 bridgehead atoms. The maximum Gasteiger partial charge on any atom is 0.305 e. The van der Waals surface area contributed by atoms with Gasteiger partial charge in [0.25, 0.3) is 0 Å². The molecule has 2 aromatic rings. The summed E-state index contributed by atoms with van der Waals surface area (Å²) in [6.45, 7) is 8.27. The highest BCUT2D eigenvalue weighted by atomic mass is 35.5. The zero-order valence-corrected chi connectivity index (χ0v) is 17.6. The van der Waals surface area contributed by atoms with E-state index < -0.39 is 5.97 Å². The molecule has 4 rings (SSSR count). The van der Waals surface area contributed by atoms with E-state index in [9.17, 15) is 4.79 Å². The van der Waals surface area contributed by atoms with Gasteiger partial charge in [0.15, 0.2) is 5.75 Å². The molecular weight excluding hydrogens is 390 g/mol. The van der Waals surface area contributed by atoms with E-state index in [0.717, 1.165) is 48.2 Å². The molecule has 2 aliphatic rings. The van der Waals surface area contributed by atoms with Gasteiger partial charge >= 0.3 is 5.97 Å². The Morgan fingerprint density at radius 2 is 2.00 bits per heavy atom. The number of nitrogens with one attached hydrogen (secondary N) is 1. The molecule has 0 saturated carbocycles. The minimum absolute atomic E-state index is 0.231. The summed E-state index contributed by atoms with van der Waals surface area (Å²) in [5.41, 5.74) is 1.80. The Labute approximate surface area is 176 Å². The predicted octanol–water partition coefficient (Wildman–Crippen LogP) is 4.54. The Bertz CT molecular complexity index is 914. The van der Waals surface area contributed by atoms with E-state index in [2.05, 4.69) is 23.2 Å². The van der Waals surface area contributed by atoms with E-state index in [1.54, 1.807) is 13.8 Å². The fourth-order valence-corrected chi connectivity index (χ4v) is 3.23. The number of aliphatic imine (C=N–C) groups is 1. The van der Waals surface area contributed by atoms with Crippen LogP contribution in [-0.2, 0) is 4.79 Å². The van der Waals surface area contributed by atoms with Crippen molar-refractivity contribution < 1.29 is 14.6 Å². The van der Waals surface area contributed by atoms with E-state index in [0.29, 0.717) is 11.1 Å². The summed E-state index contributed by atoms with van der Waals surface area (Å²) in [7, 11) is 0. The van der Waals surface area contributed by atoms with Gasteiger partial charge in [-0.25, -0.2) is 4.99 Å². The Balaban J connectivity index is 0.000000353. The van der Waals surface area contributed by atoms with Crippen molar-refractivity contribution in [2.45, 2.75) is 26.8 Å². The van der Waals surface area contributed by atoms with Crippen molar-refractivity contribution in [3.63, 3.8) is 0 Å². The fraction of sp³-hybridized carbons (Fsp3) is 0.364. The Morgan fingerprint density at radius 3 is 2.69 bits per heavy atom. The molecule has 2 aliphatic heterocycles. The zero-order chi connectivity index (χ0) is 21.0. The minimum Gasteiger partial charge on any atom is -0.481 e. The van der Waals surface area contributed by atoms with Crippen LogP contribution >= 0.6 is 11.6 Å². The molecule has 1 fully saturated rings. The molecule has 0 radical (unpaired) electrons. The molecule has 1 atom stereocenters. The zero-order valence-electron chi connectivity index (χ0n) is 16.9.